The van der Waals surface area contributed by atoms with Gasteiger partial charge in [0, 0.05) is 5.39 Å². The van der Waals surface area contributed by atoms with E-state index in [1.165, 1.54) is 11.3 Å². The Balaban J connectivity index is 2.32. The van der Waals surface area contributed by atoms with E-state index in [-0.39, 0.29) is 0 Å². The Labute approximate surface area is 120 Å². The summed E-state index contributed by atoms with van der Waals surface area (Å²) in [5, 5.41) is 3.59. The SMILES string of the molecule is Cc1csc(-c2nc(N)c3cccc(C)c3n2)c1Cl. The molecular formula is C14H12ClN3S. The third-order valence-corrected chi connectivity index (χ3v) is 4.75. The molecule has 0 aliphatic heterocycles. The Morgan fingerprint density at radius 2 is 1.95 bits per heavy atom. The van der Waals surface area contributed by atoms with Crippen molar-refractivity contribution in [2.75, 3.05) is 5.73 Å². The molecule has 0 bridgehead atoms. The van der Waals surface area contributed by atoms with Gasteiger partial charge >= 0.3 is 0 Å². The highest BCUT2D eigenvalue weighted by Gasteiger charge is 2.14. The summed E-state index contributed by atoms with van der Waals surface area (Å²) in [5.74, 6) is 1.09. The summed E-state index contributed by atoms with van der Waals surface area (Å²) < 4.78 is 0. The quantitative estimate of drug-likeness (QED) is 0.730. The van der Waals surface area contributed by atoms with Crippen LogP contribution in [0.2, 0.25) is 5.02 Å². The van der Waals surface area contributed by atoms with E-state index in [1.54, 1.807) is 0 Å². The lowest BCUT2D eigenvalue weighted by Gasteiger charge is -2.06. The zero-order valence-corrected chi connectivity index (χ0v) is 12.1. The van der Waals surface area contributed by atoms with Crippen LogP contribution in [0.1, 0.15) is 11.1 Å². The van der Waals surface area contributed by atoms with Gasteiger partial charge in [-0.25, -0.2) is 9.97 Å². The van der Waals surface area contributed by atoms with Crippen molar-refractivity contribution in [2.24, 2.45) is 0 Å². The standard InChI is InChI=1S/C14H12ClN3S/c1-7-4-3-5-9-11(7)17-14(18-13(9)16)12-10(15)8(2)6-19-12/h3-6H,1-2H3,(H2,16,17,18). The van der Waals surface area contributed by atoms with E-state index < -0.39 is 0 Å². The van der Waals surface area contributed by atoms with Gasteiger partial charge in [-0.05, 0) is 36.4 Å². The minimum absolute atomic E-state index is 0.491. The molecule has 0 atom stereocenters. The summed E-state index contributed by atoms with van der Waals surface area (Å²) in [4.78, 5) is 9.87. The van der Waals surface area contributed by atoms with Gasteiger partial charge in [0.15, 0.2) is 5.82 Å². The van der Waals surface area contributed by atoms with E-state index in [0.717, 1.165) is 26.9 Å². The zero-order valence-electron chi connectivity index (χ0n) is 10.6. The second kappa shape index (κ2) is 4.47. The fraction of sp³-hybridized carbons (Fsp3) is 0.143. The number of thiophene rings is 1. The number of nitrogens with two attached hydrogens (primary N) is 1. The summed E-state index contributed by atoms with van der Waals surface area (Å²) in [6.07, 6.45) is 0. The molecule has 5 heteroatoms. The number of fused-ring (bicyclic) bond motifs is 1. The molecule has 2 aromatic heterocycles. The van der Waals surface area contributed by atoms with E-state index in [0.29, 0.717) is 16.7 Å². The van der Waals surface area contributed by atoms with Crippen LogP contribution in [0.3, 0.4) is 0 Å². The Morgan fingerprint density at radius 3 is 2.63 bits per heavy atom. The second-order valence-corrected chi connectivity index (χ2v) is 5.72. The Kier molecular flexibility index (Phi) is 2.92. The van der Waals surface area contributed by atoms with Crippen molar-refractivity contribution in [2.45, 2.75) is 13.8 Å². The first-order chi connectivity index (χ1) is 9.08. The third-order valence-electron chi connectivity index (χ3n) is 3.06. The van der Waals surface area contributed by atoms with Crippen molar-refractivity contribution in [3.63, 3.8) is 0 Å². The smallest absolute Gasteiger partial charge is 0.173 e. The van der Waals surface area contributed by atoms with Gasteiger partial charge < -0.3 is 5.73 Å². The van der Waals surface area contributed by atoms with Gasteiger partial charge in [-0.2, -0.15) is 0 Å². The van der Waals surface area contributed by atoms with Crippen LogP contribution in [0.4, 0.5) is 5.82 Å². The number of nitrogen functional groups attached to an aromatic ring is 1. The van der Waals surface area contributed by atoms with E-state index in [1.807, 2.05) is 37.4 Å². The maximum absolute atomic E-state index is 6.28. The monoisotopic (exact) mass is 289 g/mol. The molecule has 2 heterocycles. The highest BCUT2D eigenvalue weighted by Crippen LogP contribution is 2.36. The molecule has 0 spiro atoms. The predicted octanol–water partition coefficient (Wildman–Crippen LogP) is 4.21. The molecule has 0 amide bonds. The number of hydrogen-bond donors (Lipinski definition) is 1. The number of nitrogens with zero attached hydrogens (tertiary/aromatic N) is 2. The molecule has 0 radical (unpaired) electrons. The third kappa shape index (κ3) is 1.97. The number of benzene rings is 1. The Morgan fingerprint density at radius 1 is 1.16 bits per heavy atom. The fourth-order valence-corrected chi connectivity index (χ4v) is 3.21. The van der Waals surface area contributed by atoms with Gasteiger partial charge in [-0.3, -0.25) is 0 Å². The lowest BCUT2D eigenvalue weighted by atomic mass is 10.1. The lowest BCUT2D eigenvalue weighted by molar-refractivity contribution is 1.23. The van der Waals surface area contributed by atoms with Gasteiger partial charge in [-0.15, -0.1) is 11.3 Å². The van der Waals surface area contributed by atoms with Gasteiger partial charge in [0.2, 0.25) is 0 Å². The van der Waals surface area contributed by atoms with Gasteiger partial charge in [0.25, 0.3) is 0 Å². The summed E-state index contributed by atoms with van der Waals surface area (Å²) in [7, 11) is 0. The largest absolute Gasteiger partial charge is 0.383 e. The number of aryl methyl sites for hydroxylation is 2. The molecule has 1 aromatic carbocycles. The molecule has 0 saturated carbocycles. The second-order valence-electron chi connectivity index (χ2n) is 4.47. The molecule has 0 aliphatic rings. The van der Waals surface area contributed by atoms with E-state index >= 15 is 0 Å². The number of hydrogen-bond acceptors (Lipinski definition) is 4. The van der Waals surface area contributed by atoms with Crippen LogP contribution in [0.25, 0.3) is 21.6 Å². The molecule has 3 aromatic rings. The first-order valence-corrected chi connectivity index (χ1v) is 7.10. The number of rotatable bonds is 1. The van der Waals surface area contributed by atoms with Crippen LogP contribution in [0.5, 0.6) is 0 Å². The van der Waals surface area contributed by atoms with Crippen LogP contribution in [-0.2, 0) is 0 Å². The topological polar surface area (TPSA) is 51.8 Å². The molecule has 3 rings (SSSR count). The first-order valence-electron chi connectivity index (χ1n) is 5.84. The summed E-state index contributed by atoms with van der Waals surface area (Å²) in [6, 6.07) is 5.90. The maximum Gasteiger partial charge on any atom is 0.173 e. The zero-order chi connectivity index (χ0) is 13.6. The fourth-order valence-electron chi connectivity index (χ4n) is 2.00. The first kappa shape index (κ1) is 12.4. The van der Waals surface area contributed by atoms with Crippen molar-refractivity contribution in [3.8, 4) is 10.7 Å². The number of anilines is 1. The molecular weight excluding hydrogens is 278 g/mol. The van der Waals surface area contributed by atoms with Crippen LogP contribution >= 0.6 is 22.9 Å². The molecule has 0 unspecified atom stereocenters. The molecule has 96 valence electrons. The average Bonchev–Trinajstić information content (AvgIpc) is 2.71. The van der Waals surface area contributed by atoms with Crippen molar-refractivity contribution >= 4 is 39.7 Å². The highest BCUT2D eigenvalue weighted by molar-refractivity contribution is 7.14. The van der Waals surface area contributed by atoms with E-state index in [2.05, 4.69) is 9.97 Å². The van der Waals surface area contributed by atoms with Crippen molar-refractivity contribution in [1.29, 1.82) is 0 Å². The number of halogens is 1. The van der Waals surface area contributed by atoms with E-state index in [4.69, 9.17) is 17.3 Å². The molecule has 0 aliphatic carbocycles. The molecule has 19 heavy (non-hydrogen) atoms. The predicted molar refractivity (Wildman–Crippen MR) is 81.7 cm³/mol. The van der Waals surface area contributed by atoms with Crippen molar-refractivity contribution in [1.82, 2.24) is 9.97 Å². The van der Waals surface area contributed by atoms with Crippen molar-refractivity contribution in [3.05, 3.63) is 39.7 Å². The molecule has 3 nitrogen and oxygen atoms in total. The van der Waals surface area contributed by atoms with Crippen molar-refractivity contribution < 1.29 is 0 Å². The maximum atomic E-state index is 6.28. The van der Waals surface area contributed by atoms with Gasteiger partial charge in [0.1, 0.15) is 5.82 Å². The number of aromatic nitrogens is 2. The molecule has 0 saturated heterocycles. The lowest BCUT2D eigenvalue weighted by Crippen LogP contribution is -1.98. The van der Waals surface area contributed by atoms with Gasteiger partial charge in [-0.1, -0.05) is 23.7 Å². The van der Waals surface area contributed by atoms with Crippen LogP contribution in [-0.4, -0.2) is 9.97 Å². The normalized spacial score (nSPS) is 11.1. The summed E-state index contributed by atoms with van der Waals surface area (Å²) in [6.45, 7) is 3.98. The van der Waals surface area contributed by atoms with Crippen LogP contribution in [0, 0.1) is 13.8 Å². The summed E-state index contributed by atoms with van der Waals surface area (Å²) in [5.41, 5.74) is 9.03. The minimum Gasteiger partial charge on any atom is -0.383 e. The van der Waals surface area contributed by atoms with Crippen LogP contribution < -0.4 is 5.73 Å². The molecule has 2 N–H and O–H groups in total. The van der Waals surface area contributed by atoms with Crippen LogP contribution in [0.15, 0.2) is 23.6 Å². The number of para-hydroxylation sites is 1. The minimum atomic E-state index is 0.491. The van der Waals surface area contributed by atoms with E-state index in [9.17, 15) is 0 Å². The Hall–Kier alpha value is -1.65. The average molecular weight is 290 g/mol. The Bertz CT molecular complexity index is 780. The highest BCUT2D eigenvalue weighted by atomic mass is 35.5. The van der Waals surface area contributed by atoms with Gasteiger partial charge in [0.05, 0.1) is 15.4 Å². The molecule has 0 fully saturated rings. The summed E-state index contributed by atoms with van der Waals surface area (Å²) >= 11 is 7.82.